The van der Waals surface area contributed by atoms with Gasteiger partial charge in [0.1, 0.15) is 4.90 Å². The van der Waals surface area contributed by atoms with E-state index < -0.39 is 10.0 Å². The van der Waals surface area contributed by atoms with Crippen molar-refractivity contribution in [2.45, 2.75) is 37.1 Å². The van der Waals surface area contributed by atoms with Gasteiger partial charge < -0.3 is 0 Å². The van der Waals surface area contributed by atoms with Crippen molar-refractivity contribution in [3.05, 3.63) is 26.7 Å². The average Bonchev–Trinajstić information content (AvgIpc) is 3.07. The van der Waals surface area contributed by atoms with E-state index in [0.717, 1.165) is 19.3 Å². The van der Waals surface area contributed by atoms with Crippen molar-refractivity contribution in [3.63, 3.8) is 0 Å². The van der Waals surface area contributed by atoms with Crippen molar-refractivity contribution in [2.24, 2.45) is 0 Å². The Morgan fingerprint density at radius 2 is 1.84 bits per heavy atom. The van der Waals surface area contributed by atoms with E-state index in [4.69, 9.17) is 23.2 Å². The number of rotatable bonds is 5. The normalized spacial score (nSPS) is 16.1. The second kappa shape index (κ2) is 5.90. The number of hydrogen-bond donors (Lipinski definition) is 0. The first-order valence-electron chi connectivity index (χ1n) is 6.04. The lowest BCUT2D eigenvalue weighted by Gasteiger charge is -2.22. The quantitative estimate of drug-likeness (QED) is 0.755. The van der Waals surface area contributed by atoms with Crippen LogP contribution in [0, 0.1) is 0 Å². The van der Waals surface area contributed by atoms with Gasteiger partial charge in [-0.2, -0.15) is 4.31 Å². The summed E-state index contributed by atoms with van der Waals surface area (Å²) in [5.41, 5.74) is 0. The Balaban J connectivity index is 2.49. The molecule has 3 nitrogen and oxygen atoms in total. The van der Waals surface area contributed by atoms with Crippen LogP contribution in [0.4, 0.5) is 0 Å². The van der Waals surface area contributed by atoms with Crippen molar-refractivity contribution in [2.75, 3.05) is 6.54 Å². The third-order valence-corrected chi connectivity index (χ3v) is 6.26. The molecule has 0 radical (unpaired) electrons. The summed E-state index contributed by atoms with van der Waals surface area (Å²) in [6, 6.07) is 3.20. The molecule has 2 rings (SSSR count). The van der Waals surface area contributed by atoms with E-state index in [0.29, 0.717) is 11.0 Å². The Morgan fingerprint density at radius 1 is 1.32 bits per heavy atom. The Kier molecular flexibility index (Phi) is 4.83. The molecule has 0 unspecified atom stereocenters. The Bertz CT molecular complexity index is 564. The summed E-state index contributed by atoms with van der Waals surface area (Å²) in [6.45, 7) is 2.45. The highest BCUT2D eigenvalue weighted by Crippen LogP contribution is 2.38. The minimum atomic E-state index is -3.63. The molecule has 1 aliphatic rings. The molecule has 1 aromatic carbocycles. The number of nitrogens with zero attached hydrogens (tertiary/aromatic N) is 1. The first-order valence-corrected chi connectivity index (χ1v) is 9.03. The smallest absolute Gasteiger partial charge is 0.207 e. The van der Waals surface area contributed by atoms with Crippen LogP contribution >= 0.6 is 39.1 Å². The third-order valence-electron chi connectivity index (χ3n) is 2.93. The van der Waals surface area contributed by atoms with Gasteiger partial charge >= 0.3 is 0 Å². The summed E-state index contributed by atoms with van der Waals surface area (Å²) in [4.78, 5) is 0.0133. The maximum Gasteiger partial charge on any atom is 0.246 e. The van der Waals surface area contributed by atoms with Crippen LogP contribution in [0.1, 0.15) is 26.2 Å². The van der Waals surface area contributed by atoms with Crippen LogP contribution < -0.4 is 0 Å². The van der Waals surface area contributed by atoms with Gasteiger partial charge in [0.25, 0.3) is 0 Å². The molecule has 1 aromatic rings. The van der Waals surface area contributed by atoms with Gasteiger partial charge in [-0.25, -0.2) is 8.42 Å². The van der Waals surface area contributed by atoms with Crippen LogP contribution in [-0.2, 0) is 10.0 Å². The van der Waals surface area contributed by atoms with E-state index in [1.54, 1.807) is 12.1 Å². The average molecular weight is 387 g/mol. The van der Waals surface area contributed by atoms with Crippen LogP contribution in [0.5, 0.6) is 0 Å². The fraction of sp³-hybridized carbons (Fsp3) is 0.500. The largest absolute Gasteiger partial charge is 0.246 e. The minimum Gasteiger partial charge on any atom is -0.207 e. The van der Waals surface area contributed by atoms with Crippen molar-refractivity contribution >= 4 is 49.2 Å². The second-order valence-electron chi connectivity index (χ2n) is 4.55. The highest BCUT2D eigenvalue weighted by molar-refractivity contribution is 9.10. The molecule has 0 bridgehead atoms. The van der Waals surface area contributed by atoms with Crippen molar-refractivity contribution in [1.82, 2.24) is 4.31 Å². The molecule has 0 heterocycles. The SMILES string of the molecule is CCCN(C1CC1)S(=O)(=O)c1c(Cl)cc(Br)cc1Cl. The van der Waals surface area contributed by atoms with Crippen LogP contribution in [0.3, 0.4) is 0 Å². The highest BCUT2D eigenvalue weighted by atomic mass is 79.9. The number of sulfonamides is 1. The lowest BCUT2D eigenvalue weighted by molar-refractivity contribution is 0.403. The zero-order valence-corrected chi connectivity index (χ0v) is 14.3. The van der Waals surface area contributed by atoms with Gasteiger partial charge in [-0.1, -0.05) is 46.1 Å². The molecule has 19 heavy (non-hydrogen) atoms. The molecule has 0 atom stereocenters. The van der Waals surface area contributed by atoms with E-state index in [1.807, 2.05) is 6.92 Å². The van der Waals surface area contributed by atoms with Gasteiger partial charge in [-0.3, -0.25) is 0 Å². The molecule has 0 spiro atoms. The molecule has 1 fully saturated rings. The lowest BCUT2D eigenvalue weighted by atomic mass is 10.4. The summed E-state index contributed by atoms with van der Waals surface area (Å²) in [6.07, 6.45) is 2.58. The fourth-order valence-corrected chi connectivity index (χ4v) is 5.64. The molecule has 1 aliphatic carbocycles. The molecule has 0 amide bonds. The van der Waals surface area contributed by atoms with Crippen LogP contribution in [0.2, 0.25) is 10.0 Å². The Morgan fingerprint density at radius 3 is 2.26 bits per heavy atom. The van der Waals surface area contributed by atoms with Crippen molar-refractivity contribution < 1.29 is 8.42 Å². The van der Waals surface area contributed by atoms with Crippen molar-refractivity contribution in [1.29, 1.82) is 0 Å². The maximum absolute atomic E-state index is 12.7. The molecule has 0 aliphatic heterocycles. The minimum absolute atomic E-state index is 0.0133. The van der Waals surface area contributed by atoms with Crippen molar-refractivity contribution in [3.8, 4) is 0 Å². The first-order chi connectivity index (χ1) is 8.87. The van der Waals surface area contributed by atoms with Gasteiger partial charge in [0.15, 0.2) is 0 Å². The first kappa shape index (κ1) is 15.6. The van der Waals surface area contributed by atoms with Gasteiger partial charge in [-0.05, 0) is 31.4 Å². The molecular formula is C12H14BrCl2NO2S. The molecule has 106 valence electrons. The van der Waals surface area contributed by atoms with E-state index in [-0.39, 0.29) is 21.0 Å². The third kappa shape index (κ3) is 3.27. The summed E-state index contributed by atoms with van der Waals surface area (Å²) in [5.74, 6) is 0. The van der Waals surface area contributed by atoms with Crippen LogP contribution in [0.15, 0.2) is 21.5 Å². The van der Waals surface area contributed by atoms with E-state index >= 15 is 0 Å². The van der Waals surface area contributed by atoms with Crippen LogP contribution in [0.25, 0.3) is 0 Å². The zero-order chi connectivity index (χ0) is 14.2. The van der Waals surface area contributed by atoms with Gasteiger partial charge in [0.05, 0.1) is 10.0 Å². The number of benzene rings is 1. The predicted molar refractivity (Wildman–Crippen MR) is 81.4 cm³/mol. The molecule has 1 saturated carbocycles. The summed E-state index contributed by atoms with van der Waals surface area (Å²) >= 11 is 15.4. The predicted octanol–water partition coefficient (Wildman–Crippen LogP) is 4.32. The summed E-state index contributed by atoms with van der Waals surface area (Å²) in [5, 5.41) is 0.308. The second-order valence-corrected chi connectivity index (χ2v) is 8.10. The topological polar surface area (TPSA) is 37.4 Å². The van der Waals surface area contributed by atoms with E-state index in [1.165, 1.54) is 4.31 Å². The van der Waals surface area contributed by atoms with E-state index in [2.05, 4.69) is 15.9 Å². The molecule has 0 aromatic heterocycles. The van der Waals surface area contributed by atoms with Gasteiger partial charge in [0, 0.05) is 17.1 Å². The standard InChI is InChI=1S/C12H14BrCl2NO2S/c1-2-5-16(9-3-4-9)19(17,18)12-10(14)6-8(13)7-11(12)15/h6-7,9H,2-5H2,1H3. The lowest BCUT2D eigenvalue weighted by Crippen LogP contribution is -2.34. The van der Waals surface area contributed by atoms with Gasteiger partial charge in [-0.15, -0.1) is 0 Å². The summed E-state index contributed by atoms with van der Waals surface area (Å²) in [7, 11) is -3.63. The van der Waals surface area contributed by atoms with Crippen LogP contribution in [-0.4, -0.2) is 25.3 Å². The zero-order valence-electron chi connectivity index (χ0n) is 10.4. The van der Waals surface area contributed by atoms with E-state index in [9.17, 15) is 8.42 Å². The maximum atomic E-state index is 12.7. The molecule has 0 N–H and O–H groups in total. The fourth-order valence-electron chi connectivity index (χ4n) is 1.97. The van der Waals surface area contributed by atoms with Gasteiger partial charge in [0.2, 0.25) is 10.0 Å². The molecule has 0 saturated heterocycles. The number of hydrogen-bond acceptors (Lipinski definition) is 2. The highest BCUT2D eigenvalue weighted by Gasteiger charge is 2.39. The monoisotopic (exact) mass is 385 g/mol. The molecule has 7 heteroatoms. The summed E-state index contributed by atoms with van der Waals surface area (Å²) < 4.78 is 27.6. The Hall–Kier alpha value is 0.190. The number of halogens is 3. The Labute approximate surface area is 132 Å². The molecular weight excluding hydrogens is 373 g/mol.